The Labute approximate surface area is 366 Å². The van der Waals surface area contributed by atoms with E-state index in [4.69, 9.17) is 9.47 Å². The molecule has 0 aliphatic heterocycles. The van der Waals surface area contributed by atoms with Gasteiger partial charge in [-0.15, -0.1) is 0 Å². The lowest BCUT2D eigenvalue weighted by molar-refractivity contribution is -0.118. The molecule has 1 atom stereocenters. The summed E-state index contributed by atoms with van der Waals surface area (Å²) in [5.41, 5.74) is 1.65. The number of carbonyl (C=O) groups is 6. The number of aromatic hydroxyl groups is 2. The van der Waals surface area contributed by atoms with Gasteiger partial charge in [0, 0.05) is 35.6 Å². The molecule has 3 heterocycles. The molecule has 0 aliphatic carbocycles. The fraction of sp³-hybridized carbons (Fsp3) is 0.0930. The first kappa shape index (κ1) is 43.6. The van der Waals surface area contributed by atoms with Crippen LogP contribution in [0.1, 0.15) is 57.6 Å². The number of fused-ring (bicyclic) bond motifs is 1. The molecule has 65 heavy (non-hydrogen) atoms. The predicted molar refractivity (Wildman–Crippen MR) is 230 cm³/mol. The van der Waals surface area contributed by atoms with E-state index in [-0.39, 0.29) is 51.8 Å². The fourth-order valence-corrected chi connectivity index (χ4v) is 6.31. The number of nitrogens with zero attached hydrogens (tertiary/aromatic N) is 5. The van der Waals surface area contributed by atoms with E-state index < -0.39 is 58.6 Å². The minimum absolute atomic E-state index is 0.0469. The zero-order valence-electron chi connectivity index (χ0n) is 33.9. The lowest BCUT2D eigenvalue weighted by atomic mass is 10.1. The van der Waals surface area contributed by atoms with Crippen LogP contribution >= 0.6 is 0 Å². The van der Waals surface area contributed by atoms with E-state index in [0.717, 1.165) is 13.2 Å². The summed E-state index contributed by atoms with van der Waals surface area (Å²) >= 11 is 0. The van der Waals surface area contributed by atoms with E-state index in [1.165, 1.54) is 80.3 Å². The Balaban J connectivity index is 0.980. The number of H-pyrrole nitrogens is 1. The molecule has 0 saturated carbocycles. The molecule has 0 radical (unpaired) electrons. The number of phenolic OH excluding ortho intramolecular Hbond substituents is 1. The molecular weight excluding hydrogens is 847 g/mol. The third-order valence-electron chi connectivity index (χ3n) is 9.54. The monoisotopic (exact) mass is 881 g/mol. The smallest absolute Gasteiger partial charge is 0.339 e. The van der Waals surface area contributed by atoms with Crippen LogP contribution in [-0.4, -0.2) is 101 Å². The summed E-state index contributed by atoms with van der Waals surface area (Å²) in [5, 5.41) is 53.9. The minimum Gasteiger partial charge on any atom is -0.504 e. The maximum absolute atomic E-state index is 13.6. The summed E-state index contributed by atoms with van der Waals surface area (Å²) in [4.78, 5) is 90.2. The molecule has 22 heteroatoms. The number of anilines is 4. The van der Waals surface area contributed by atoms with Gasteiger partial charge in [-0.25, -0.2) is 9.78 Å². The number of hydrogen-bond donors (Lipinski definition) is 9. The molecule has 3 aromatic heterocycles. The Bertz CT molecular complexity index is 2960. The standard InChI is InChI=1S/C43H35N11O11/c1-64-36-30(13-9-26(34(36)55)40(59)50-29-14-10-27(43(62)63)35(56)37(29)65-2)51-41(60)31-12-8-24(19-46-31)49-42(61)33(18-25-20-47-54-53-25)52-38(57)21-3-6-23(7-4-21)48-39(58)22-5-11-28-32(17-22)45-16-15-44-28/h3-17,19-20,33,55-56H,18H2,1-2H3,(H,48,58)(H,49,61)(H,50,59)(H,51,60)(H,52,57)(H,62,63)(H,47,53,54)/t33-/m0/s1. The van der Waals surface area contributed by atoms with E-state index in [2.05, 4.69) is 56.9 Å². The highest BCUT2D eigenvalue weighted by atomic mass is 16.5. The first-order chi connectivity index (χ1) is 31.3. The normalized spacial score (nSPS) is 11.2. The van der Waals surface area contributed by atoms with Crippen LogP contribution in [0.2, 0.25) is 0 Å². The number of rotatable bonds is 15. The van der Waals surface area contributed by atoms with Crippen molar-refractivity contribution >= 4 is 69.3 Å². The van der Waals surface area contributed by atoms with Crippen LogP contribution in [0.5, 0.6) is 23.0 Å². The molecule has 9 N–H and O–H groups in total. The molecule has 22 nitrogen and oxygen atoms in total. The van der Waals surface area contributed by atoms with Gasteiger partial charge in [-0.2, -0.15) is 15.4 Å². The van der Waals surface area contributed by atoms with E-state index in [1.807, 2.05) is 0 Å². The number of aromatic nitrogens is 6. The number of aromatic amines is 1. The number of ether oxygens (including phenoxy) is 2. The van der Waals surface area contributed by atoms with E-state index in [1.54, 1.807) is 24.4 Å². The molecule has 4 aromatic carbocycles. The second kappa shape index (κ2) is 19.1. The zero-order valence-corrected chi connectivity index (χ0v) is 33.9. The van der Waals surface area contributed by atoms with Crippen molar-refractivity contribution in [3.63, 3.8) is 0 Å². The number of pyridine rings is 1. The van der Waals surface area contributed by atoms with Crippen molar-refractivity contribution < 1.29 is 53.6 Å². The molecule has 328 valence electrons. The molecule has 0 saturated heterocycles. The third kappa shape index (κ3) is 9.86. The Morgan fingerprint density at radius 1 is 0.631 bits per heavy atom. The molecule has 0 spiro atoms. The summed E-state index contributed by atoms with van der Waals surface area (Å²) in [5.74, 6) is -6.75. The van der Waals surface area contributed by atoms with Gasteiger partial charge in [0.1, 0.15) is 17.3 Å². The summed E-state index contributed by atoms with van der Waals surface area (Å²) in [6.07, 6.45) is 5.63. The lowest BCUT2D eigenvalue weighted by Crippen LogP contribution is -2.45. The van der Waals surface area contributed by atoms with Crippen LogP contribution in [0.25, 0.3) is 11.0 Å². The first-order valence-electron chi connectivity index (χ1n) is 19.0. The van der Waals surface area contributed by atoms with Gasteiger partial charge in [0.25, 0.3) is 23.6 Å². The van der Waals surface area contributed by atoms with Gasteiger partial charge in [0.05, 0.1) is 66.0 Å². The van der Waals surface area contributed by atoms with E-state index in [9.17, 15) is 44.1 Å². The number of benzene rings is 4. The predicted octanol–water partition coefficient (Wildman–Crippen LogP) is 4.01. The summed E-state index contributed by atoms with van der Waals surface area (Å²) in [6, 6.07) is 17.2. The molecule has 0 unspecified atom stereocenters. The molecule has 7 rings (SSSR count). The van der Waals surface area contributed by atoms with Gasteiger partial charge >= 0.3 is 5.97 Å². The minimum atomic E-state index is -1.43. The summed E-state index contributed by atoms with van der Waals surface area (Å²) in [7, 11) is 2.35. The summed E-state index contributed by atoms with van der Waals surface area (Å²) in [6.45, 7) is 0. The maximum Gasteiger partial charge on any atom is 0.339 e. The van der Waals surface area contributed by atoms with Crippen molar-refractivity contribution in [2.45, 2.75) is 12.5 Å². The van der Waals surface area contributed by atoms with E-state index >= 15 is 0 Å². The van der Waals surface area contributed by atoms with Crippen LogP contribution in [-0.2, 0) is 11.2 Å². The van der Waals surface area contributed by atoms with Crippen molar-refractivity contribution in [1.29, 1.82) is 0 Å². The van der Waals surface area contributed by atoms with Gasteiger partial charge in [-0.1, -0.05) is 0 Å². The van der Waals surface area contributed by atoms with Crippen LogP contribution in [0.15, 0.2) is 104 Å². The fourth-order valence-electron chi connectivity index (χ4n) is 6.31. The lowest BCUT2D eigenvalue weighted by Gasteiger charge is -2.18. The Morgan fingerprint density at radius 3 is 1.89 bits per heavy atom. The van der Waals surface area contributed by atoms with Crippen molar-refractivity contribution in [3.05, 3.63) is 137 Å². The number of carboxylic acid groups (broad SMARTS) is 1. The number of carbonyl (C=O) groups excluding carboxylic acids is 5. The third-order valence-corrected chi connectivity index (χ3v) is 9.54. The molecule has 0 aliphatic rings. The Hall–Kier alpha value is -9.47. The van der Waals surface area contributed by atoms with Gasteiger partial charge in [-0.3, -0.25) is 33.9 Å². The highest BCUT2D eigenvalue weighted by molar-refractivity contribution is 6.10. The number of aromatic carboxylic acids is 1. The van der Waals surface area contributed by atoms with Crippen LogP contribution in [0.4, 0.5) is 22.7 Å². The van der Waals surface area contributed by atoms with Gasteiger partial charge < -0.3 is 51.4 Å². The average molecular weight is 882 g/mol. The first-order valence-corrected chi connectivity index (χ1v) is 19.0. The number of carboxylic acids is 1. The van der Waals surface area contributed by atoms with Gasteiger partial charge in [0.2, 0.25) is 5.91 Å². The molecule has 0 fully saturated rings. The molecule has 7 aromatic rings. The van der Waals surface area contributed by atoms with E-state index in [0.29, 0.717) is 28.0 Å². The average Bonchev–Trinajstić information content (AvgIpc) is 3.82. The Morgan fingerprint density at radius 2 is 1.26 bits per heavy atom. The number of phenols is 2. The Kier molecular flexibility index (Phi) is 12.8. The molecule has 0 bridgehead atoms. The van der Waals surface area contributed by atoms with Crippen molar-refractivity contribution in [2.24, 2.45) is 0 Å². The van der Waals surface area contributed by atoms with Crippen molar-refractivity contribution in [3.8, 4) is 23.0 Å². The second-order valence-corrected chi connectivity index (χ2v) is 13.7. The quantitative estimate of drug-likeness (QED) is 0.0702. The largest absolute Gasteiger partial charge is 0.504 e. The number of methoxy groups -OCH3 is 2. The number of hydrogen-bond acceptors (Lipinski definition) is 15. The number of amides is 5. The summed E-state index contributed by atoms with van der Waals surface area (Å²) < 4.78 is 10.4. The zero-order chi connectivity index (χ0) is 46.2. The van der Waals surface area contributed by atoms with Gasteiger partial charge in [-0.05, 0) is 78.9 Å². The van der Waals surface area contributed by atoms with Crippen molar-refractivity contribution in [2.75, 3.05) is 35.5 Å². The molecular formula is C43H35N11O11. The van der Waals surface area contributed by atoms with Crippen LogP contribution in [0.3, 0.4) is 0 Å². The van der Waals surface area contributed by atoms with Gasteiger partial charge in [0.15, 0.2) is 23.0 Å². The second-order valence-electron chi connectivity index (χ2n) is 13.7. The number of nitrogens with one attached hydrogen (secondary N) is 6. The topological polar surface area (TPSA) is 322 Å². The maximum atomic E-state index is 13.6. The van der Waals surface area contributed by atoms with Crippen molar-refractivity contribution in [1.82, 2.24) is 35.7 Å². The highest BCUT2D eigenvalue weighted by Crippen LogP contribution is 2.40. The SMILES string of the molecule is COc1c(NC(=O)c2ccc(NC(=O)c3ccc(NC(=O)[C@H](Cc4cn[nH]n4)NC(=O)c4ccc(NC(=O)c5ccc6nccnc6c5)cc4)cn3)c(OC)c2O)ccc(C(=O)O)c1O. The van der Waals surface area contributed by atoms with Crippen LogP contribution < -0.4 is 36.1 Å². The van der Waals surface area contributed by atoms with Crippen LogP contribution in [0, 0.1) is 0 Å². The highest BCUT2D eigenvalue weighted by Gasteiger charge is 2.26. The molecule has 5 amide bonds.